The summed E-state index contributed by atoms with van der Waals surface area (Å²) in [4.78, 5) is 23.9. The van der Waals surface area contributed by atoms with Crippen LogP contribution in [0.5, 0.6) is 0 Å². The van der Waals surface area contributed by atoms with Gasteiger partial charge in [-0.25, -0.2) is 4.68 Å². The molecule has 1 aromatic carbocycles. The van der Waals surface area contributed by atoms with Crippen LogP contribution in [0.1, 0.15) is 44.9 Å². The van der Waals surface area contributed by atoms with Crippen molar-refractivity contribution >= 4 is 29.1 Å². The maximum Gasteiger partial charge on any atom is 0.278 e. The highest BCUT2D eigenvalue weighted by Gasteiger charge is 2.18. The quantitative estimate of drug-likeness (QED) is 0.703. The minimum Gasteiger partial charge on any atom is -0.321 e. The van der Waals surface area contributed by atoms with Crippen LogP contribution < -0.4 is 5.32 Å². The molecule has 128 valence electrons. The Morgan fingerprint density at radius 1 is 1.24 bits per heavy atom. The van der Waals surface area contributed by atoms with Crippen LogP contribution in [-0.2, 0) is 6.54 Å². The van der Waals surface area contributed by atoms with Crippen molar-refractivity contribution < 1.29 is 9.59 Å². The fourth-order valence-electron chi connectivity index (χ4n) is 2.26. The number of nitrogens with one attached hydrogen (secondary N) is 1. The molecular formula is C16H16N6O2S. The van der Waals surface area contributed by atoms with E-state index in [1.165, 1.54) is 6.92 Å². The summed E-state index contributed by atoms with van der Waals surface area (Å²) < 4.78 is 9.95. The fraction of sp³-hybridized carbons (Fsp3) is 0.250. The predicted molar refractivity (Wildman–Crippen MR) is 92.9 cm³/mol. The topological polar surface area (TPSA) is 103 Å². The van der Waals surface area contributed by atoms with Crippen molar-refractivity contribution in [2.24, 2.45) is 0 Å². The first-order valence-corrected chi connectivity index (χ1v) is 8.29. The summed E-state index contributed by atoms with van der Waals surface area (Å²) in [6, 6.07) is 6.76. The zero-order valence-corrected chi connectivity index (χ0v) is 14.8. The summed E-state index contributed by atoms with van der Waals surface area (Å²) in [5.41, 5.74) is 3.57. The van der Waals surface area contributed by atoms with Crippen LogP contribution in [0.25, 0.3) is 0 Å². The van der Waals surface area contributed by atoms with Crippen molar-refractivity contribution in [3.63, 3.8) is 0 Å². The molecule has 0 radical (unpaired) electrons. The summed E-state index contributed by atoms with van der Waals surface area (Å²) in [7, 11) is 0. The molecule has 0 saturated heterocycles. The molecule has 0 aliphatic rings. The van der Waals surface area contributed by atoms with E-state index in [4.69, 9.17) is 0 Å². The highest BCUT2D eigenvalue weighted by Crippen LogP contribution is 2.14. The molecule has 0 aliphatic heterocycles. The number of aromatic nitrogens is 5. The first kappa shape index (κ1) is 16.9. The van der Waals surface area contributed by atoms with Crippen LogP contribution in [-0.4, -0.2) is 35.4 Å². The second kappa shape index (κ2) is 6.89. The number of rotatable bonds is 5. The SMILES string of the molecule is CC(=O)c1cccc(NC(=O)c2nnn(Cc3nsnc3C)c2C)c1. The molecule has 1 N–H and O–H groups in total. The lowest BCUT2D eigenvalue weighted by Crippen LogP contribution is -2.15. The molecule has 25 heavy (non-hydrogen) atoms. The average Bonchev–Trinajstić information content (AvgIpc) is 3.15. The Kier molecular flexibility index (Phi) is 4.66. The molecule has 0 spiro atoms. The first-order valence-electron chi connectivity index (χ1n) is 7.56. The second-order valence-corrected chi connectivity index (χ2v) is 6.10. The molecule has 9 heteroatoms. The number of carbonyl (C=O) groups is 2. The van der Waals surface area contributed by atoms with E-state index in [2.05, 4.69) is 24.4 Å². The van der Waals surface area contributed by atoms with Crippen molar-refractivity contribution in [1.29, 1.82) is 0 Å². The normalized spacial score (nSPS) is 10.7. The van der Waals surface area contributed by atoms with Crippen molar-refractivity contribution in [2.45, 2.75) is 27.3 Å². The lowest BCUT2D eigenvalue weighted by molar-refractivity contribution is 0.100. The molecule has 0 fully saturated rings. The lowest BCUT2D eigenvalue weighted by atomic mass is 10.1. The van der Waals surface area contributed by atoms with Gasteiger partial charge >= 0.3 is 0 Å². The number of amides is 1. The molecular weight excluding hydrogens is 340 g/mol. The van der Waals surface area contributed by atoms with E-state index < -0.39 is 0 Å². The maximum absolute atomic E-state index is 12.5. The number of nitrogens with zero attached hydrogens (tertiary/aromatic N) is 5. The smallest absolute Gasteiger partial charge is 0.278 e. The number of benzene rings is 1. The molecule has 8 nitrogen and oxygen atoms in total. The molecule has 2 heterocycles. The number of hydrogen-bond acceptors (Lipinski definition) is 7. The van der Waals surface area contributed by atoms with Gasteiger partial charge in [0.15, 0.2) is 11.5 Å². The van der Waals surface area contributed by atoms with Crippen molar-refractivity contribution in [1.82, 2.24) is 23.7 Å². The van der Waals surface area contributed by atoms with E-state index in [1.54, 1.807) is 35.9 Å². The zero-order valence-electron chi connectivity index (χ0n) is 14.0. The molecule has 0 unspecified atom stereocenters. The Balaban J connectivity index is 1.78. The third kappa shape index (κ3) is 3.61. The number of aryl methyl sites for hydroxylation is 1. The summed E-state index contributed by atoms with van der Waals surface area (Å²) in [5.74, 6) is -0.442. The third-order valence-corrected chi connectivity index (χ3v) is 4.43. The fourth-order valence-corrected chi connectivity index (χ4v) is 2.82. The number of carbonyl (C=O) groups excluding carboxylic acids is 2. The van der Waals surface area contributed by atoms with Gasteiger partial charge in [-0.3, -0.25) is 9.59 Å². The van der Waals surface area contributed by atoms with Gasteiger partial charge in [0, 0.05) is 11.3 Å². The summed E-state index contributed by atoms with van der Waals surface area (Å²) >= 11 is 1.14. The molecule has 2 aromatic heterocycles. The van der Waals surface area contributed by atoms with E-state index in [0.29, 0.717) is 23.5 Å². The minimum atomic E-state index is -0.377. The Morgan fingerprint density at radius 3 is 2.72 bits per heavy atom. The number of Topliss-reactive ketones (excluding diaryl/α,β-unsaturated/α-hetero) is 1. The van der Waals surface area contributed by atoms with Crippen molar-refractivity contribution in [2.75, 3.05) is 5.32 Å². The van der Waals surface area contributed by atoms with Gasteiger partial charge < -0.3 is 5.32 Å². The van der Waals surface area contributed by atoms with Gasteiger partial charge in [0.2, 0.25) is 0 Å². The van der Waals surface area contributed by atoms with Gasteiger partial charge in [-0.1, -0.05) is 17.3 Å². The molecule has 3 aromatic rings. The van der Waals surface area contributed by atoms with Crippen LogP contribution in [0.3, 0.4) is 0 Å². The lowest BCUT2D eigenvalue weighted by Gasteiger charge is -2.06. The Morgan fingerprint density at radius 2 is 2.04 bits per heavy atom. The molecule has 3 rings (SSSR count). The van der Waals surface area contributed by atoms with Crippen LogP contribution in [0.15, 0.2) is 24.3 Å². The Labute approximate surface area is 148 Å². The number of hydrogen-bond donors (Lipinski definition) is 1. The monoisotopic (exact) mass is 356 g/mol. The predicted octanol–water partition coefficient (Wildman–Crippen LogP) is 2.25. The molecule has 0 atom stereocenters. The highest BCUT2D eigenvalue weighted by molar-refractivity contribution is 6.99. The number of anilines is 1. The van der Waals surface area contributed by atoms with Crippen LogP contribution in [0, 0.1) is 13.8 Å². The van der Waals surface area contributed by atoms with E-state index in [1.807, 2.05) is 6.92 Å². The molecule has 1 amide bonds. The van der Waals surface area contributed by atoms with Crippen LogP contribution >= 0.6 is 11.7 Å². The van der Waals surface area contributed by atoms with Gasteiger partial charge in [0.25, 0.3) is 5.91 Å². The van der Waals surface area contributed by atoms with E-state index in [-0.39, 0.29) is 17.4 Å². The minimum absolute atomic E-state index is 0.0644. The van der Waals surface area contributed by atoms with Crippen molar-refractivity contribution in [3.8, 4) is 0 Å². The van der Waals surface area contributed by atoms with Gasteiger partial charge in [-0.2, -0.15) is 8.75 Å². The van der Waals surface area contributed by atoms with E-state index >= 15 is 0 Å². The van der Waals surface area contributed by atoms with Crippen LogP contribution in [0.4, 0.5) is 5.69 Å². The number of ketones is 1. The standard InChI is InChI=1S/C16H16N6O2S/c1-9-14(20-25-19-9)8-22-10(2)15(18-21-22)16(24)17-13-6-4-5-12(7-13)11(3)23/h4-7H,8H2,1-3H3,(H,17,24). The molecule has 0 aliphatic carbocycles. The largest absolute Gasteiger partial charge is 0.321 e. The Hall–Kier alpha value is -2.94. The van der Waals surface area contributed by atoms with Gasteiger partial charge in [0.1, 0.15) is 0 Å². The average molecular weight is 356 g/mol. The van der Waals surface area contributed by atoms with E-state index in [0.717, 1.165) is 23.1 Å². The summed E-state index contributed by atoms with van der Waals surface area (Å²) in [6.45, 7) is 5.54. The van der Waals surface area contributed by atoms with Gasteiger partial charge in [-0.15, -0.1) is 5.10 Å². The van der Waals surface area contributed by atoms with Crippen LogP contribution in [0.2, 0.25) is 0 Å². The second-order valence-electron chi connectivity index (χ2n) is 5.57. The maximum atomic E-state index is 12.5. The zero-order chi connectivity index (χ0) is 18.0. The summed E-state index contributed by atoms with van der Waals surface area (Å²) in [6.07, 6.45) is 0. The molecule has 0 saturated carbocycles. The highest BCUT2D eigenvalue weighted by atomic mass is 32.1. The third-order valence-electron chi connectivity index (χ3n) is 3.77. The van der Waals surface area contributed by atoms with E-state index in [9.17, 15) is 9.59 Å². The Bertz CT molecular complexity index is 946. The van der Waals surface area contributed by atoms with Gasteiger partial charge in [0.05, 0.1) is 35.4 Å². The molecule has 0 bridgehead atoms. The summed E-state index contributed by atoms with van der Waals surface area (Å²) in [5, 5.41) is 10.7. The van der Waals surface area contributed by atoms with Gasteiger partial charge in [-0.05, 0) is 32.9 Å². The van der Waals surface area contributed by atoms with Crippen molar-refractivity contribution in [3.05, 3.63) is 52.6 Å². The first-order chi connectivity index (χ1) is 12.0.